The van der Waals surface area contributed by atoms with Gasteiger partial charge in [-0.3, -0.25) is 19.5 Å². The summed E-state index contributed by atoms with van der Waals surface area (Å²) in [6, 6.07) is 10.1. The number of pyridine rings is 1. The molecule has 1 fully saturated rings. The number of nitrogens with one attached hydrogen (secondary N) is 1. The highest BCUT2D eigenvalue weighted by Crippen LogP contribution is 2.17. The van der Waals surface area contributed by atoms with E-state index in [1.54, 1.807) is 22.8 Å². The molecule has 1 N–H and O–H groups in total. The van der Waals surface area contributed by atoms with E-state index in [4.69, 9.17) is 0 Å². The highest BCUT2D eigenvalue weighted by Gasteiger charge is 2.27. The molecule has 28 heavy (non-hydrogen) atoms. The Labute approximate surface area is 163 Å². The summed E-state index contributed by atoms with van der Waals surface area (Å²) in [7, 11) is 3.59. The van der Waals surface area contributed by atoms with Gasteiger partial charge >= 0.3 is 0 Å². The van der Waals surface area contributed by atoms with E-state index in [1.807, 2.05) is 48.6 Å². The van der Waals surface area contributed by atoms with Crippen LogP contribution in [0.15, 0.2) is 53.9 Å². The number of hydrogen-bond acceptors (Lipinski definition) is 4. The summed E-state index contributed by atoms with van der Waals surface area (Å²) in [5.41, 5.74) is 2.95. The fraction of sp³-hybridized carbons (Fsp3) is 0.300. The highest BCUT2D eigenvalue weighted by molar-refractivity contribution is 5.98. The fourth-order valence-corrected chi connectivity index (χ4v) is 3.49. The first-order valence-corrected chi connectivity index (χ1v) is 9.23. The van der Waals surface area contributed by atoms with Gasteiger partial charge in [-0.25, -0.2) is 0 Å². The lowest BCUT2D eigenvalue weighted by atomic mass is 10.1. The van der Waals surface area contributed by atoms with Crippen LogP contribution in [-0.2, 0) is 18.4 Å². The summed E-state index contributed by atoms with van der Waals surface area (Å²) >= 11 is 0. The van der Waals surface area contributed by atoms with Crippen molar-refractivity contribution in [1.82, 2.24) is 25.0 Å². The van der Waals surface area contributed by atoms with Gasteiger partial charge in [0.25, 0.3) is 0 Å². The Morgan fingerprint density at radius 1 is 1.25 bits per heavy atom. The molecule has 3 aromatic rings. The maximum Gasteiger partial charge on any atom is 0.246 e. The Balaban J connectivity index is 1.43. The largest absolute Gasteiger partial charge is 0.352 e. The van der Waals surface area contributed by atoms with Crippen molar-refractivity contribution >= 4 is 28.5 Å². The smallest absolute Gasteiger partial charge is 0.246 e. The van der Waals surface area contributed by atoms with Crippen LogP contribution in [-0.4, -0.2) is 58.2 Å². The predicted octanol–water partition coefficient (Wildman–Crippen LogP) is 1.39. The second-order valence-corrected chi connectivity index (χ2v) is 6.73. The van der Waals surface area contributed by atoms with Crippen molar-refractivity contribution in [2.24, 2.45) is 12.0 Å². The van der Waals surface area contributed by atoms with Crippen LogP contribution in [0.25, 0.3) is 10.9 Å². The summed E-state index contributed by atoms with van der Waals surface area (Å²) in [4.78, 5) is 25.2. The number of carbonyl (C=O) groups excluding carboxylic acids is 1. The molecule has 0 unspecified atom stereocenters. The highest BCUT2D eigenvalue weighted by atomic mass is 16.2. The number of amides is 1. The van der Waals surface area contributed by atoms with Crippen LogP contribution < -0.4 is 10.2 Å². The molecule has 2 aromatic heterocycles. The third-order valence-electron chi connectivity index (χ3n) is 4.91. The van der Waals surface area contributed by atoms with Gasteiger partial charge < -0.3 is 15.1 Å². The molecule has 0 aliphatic carbocycles. The lowest BCUT2D eigenvalue weighted by molar-refractivity contribution is -0.120. The van der Waals surface area contributed by atoms with E-state index in [2.05, 4.69) is 26.5 Å². The fourth-order valence-electron chi connectivity index (χ4n) is 3.49. The van der Waals surface area contributed by atoms with Gasteiger partial charge in [-0.05, 0) is 17.7 Å². The first-order valence-electron chi connectivity index (χ1n) is 9.23. The standard InChI is InChI=1S/C20H23N7O/c1-21-20(23-11-15-7-8-22-18-6-4-3-5-17(15)18)26-9-10-27(19(28)14-26)16-12-24-25(2)13-16/h3-8,12-13H,9-11,14H2,1-2H3,(H,21,23). The molecule has 0 spiro atoms. The van der Waals surface area contributed by atoms with Gasteiger partial charge in [-0.2, -0.15) is 5.10 Å². The average molecular weight is 377 g/mol. The van der Waals surface area contributed by atoms with Crippen molar-refractivity contribution in [1.29, 1.82) is 0 Å². The third kappa shape index (κ3) is 3.53. The van der Waals surface area contributed by atoms with Crippen LogP contribution >= 0.6 is 0 Å². The zero-order valence-electron chi connectivity index (χ0n) is 16.0. The molecule has 8 nitrogen and oxygen atoms in total. The number of nitrogens with zero attached hydrogens (tertiary/aromatic N) is 6. The summed E-state index contributed by atoms with van der Waals surface area (Å²) in [5.74, 6) is 0.761. The number of piperazine rings is 1. The number of fused-ring (bicyclic) bond motifs is 1. The topological polar surface area (TPSA) is 78.7 Å². The van der Waals surface area contributed by atoms with E-state index in [0.29, 0.717) is 19.6 Å². The SMILES string of the molecule is CN=C(NCc1ccnc2ccccc12)N1CCN(c2cnn(C)c2)C(=O)C1. The van der Waals surface area contributed by atoms with Crippen molar-refractivity contribution in [3.05, 3.63) is 54.5 Å². The molecule has 0 bridgehead atoms. The summed E-state index contributed by atoms with van der Waals surface area (Å²) in [5, 5.41) is 8.66. The minimum Gasteiger partial charge on any atom is -0.352 e. The second-order valence-electron chi connectivity index (χ2n) is 6.73. The van der Waals surface area contributed by atoms with Gasteiger partial charge in [0.2, 0.25) is 5.91 Å². The number of aromatic nitrogens is 3. The number of guanidine groups is 1. The lowest BCUT2D eigenvalue weighted by Crippen LogP contribution is -2.55. The van der Waals surface area contributed by atoms with Crippen molar-refractivity contribution in [3.8, 4) is 0 Å². The number of hydrogen-bond donors (Lipinski definition) is 1. The first kappa shape index (κ1) is 18.0. The summed E-state index contributed by atoms with van der Waals surface area (Å²) in [6.07, 6.45) is 5.39. The van der Waals surface area contributed by atoms with Crippen LogP contribution in [0.2, 0.25) is 0 Å². The van der Waals surface area contributed by atoms with Gasteiger partial charge in [0.05, 0.1) is 17.4 Å². The molecule has 1 aliphatic rings. The maximum absolute atomic E-state index is 12.6. The van der Waals surface area contributed by atoms with Gasteiger partial charge in [0.15, 0.2) is 5.96 Å². The third-order valence-corrected chi connectivity index (χ3v) is 4.91. The number of para-hydroxylation sites is 1. The molecule has 4 rings (SSSR count). The molecule has 144 valence electrons. The van der Waals surface area contributed by atoms with E-state index in [9.17, 15) is 4.79 Å². The van der Waals surface area contributed by atoms with Crippen LogP contribution in [0.5, 0.6) is 0 Å². The zero-order valence-corrected chi connectivity index (χ0v) is 16.0. The molecular weight excluding hydrogens is 354 g/mol. The van der Waals surface area contributed by atoms with E-state index in [1.165, 1.54) is 0 Å². The van der Waals surface area contributed by atoms with Crippen LogP contribution in [0.1, 0.15) is 5.56 Å². The maximum atomic E-state index is 12.6. The molecule has 1 amide bonds. The Morgan fingerprint density at radius 3 is 2.86 bits per heavy atom. The molecule has 1 aliphatic heterocycles. The Morgan fingerprint density at radius 2 is 2.11 bits per heavy atom. The number of aryl methyl sites for hydroxylation is 1. The Kier molecular flexibility index (Phi) is 4.92. The second kappa shape index (κ2) is 7.67. The van der Waals surface area contributed by atoms with Gasteiger partial charge in [0.1, 0.15) is 6.54 Å². The van der Waals surface area contributed by atoms with Crippen molar-refractivity contribution < 1.29 is 4.79 Å². The van der Waals surface area contributed by atoms with Crippen molar-refractivity contribution in [2.45, 2.75) is 6.54 Å². The van der Waals surface area contributed by atoms with E-state index < -0.39 is 0 Å². The molecule has 3 heterocycles. The number of anilines is 1. The first-order chi connectivity index (χ1) is 13.7. The summed E-state index contributed by atoms with van der Waals surface area (Å²) in [6.45, 7) is 2.21. The number of rotatable bonds is 3. The minimum absolute atomic E-state index is 0.0385. The lowest BCUT2D eigenvalue weighted by Gasteiger charge is -2.35. The van der Waals surface area contributed by atoms with Crippen LogP contribution in [0.3, 0.4) is 0 Å². The molecular formula is C20H23N7O. The quantitative estimate of drug-likeness (QED) is 0.551. The molecule has 0 atom stereocenters. The molecule has 1 aromatic carbocycles. The van der Waals surface area contributed by atoms with E-state index in [0.717, 1.165) is 28.1 Å². The molecule has 1 saturated heterocycles. The van der Waals surface area contributed by atoms with Crippen LogP contribution in [0, 0.1) is 0 Å². The summed E-state index contributed by atoms with van der Waals surface area (Å²) < 4.78 is 1.70. The Bertz CT molecular complexity index is 1020. The number of carbonyl (C=O) groups is 1. The number of benzene rings is 1. The monoisotopic (exact) mass is 377 g/mol. The van der Waals surface area contributed by atoms with Crippen LogP contribution in [0.4, 0.5) is 5.69 Å². The van der Waals surface area contributed by atoms with Gasteiger partial charge in [-0.15, -0.1) is 0 Å². The minimum atomic E-state index is 0.0385. The van der Waals surface area contributed by atoms with Gasteiger partial charge in [0, 0.05) is 51.5 Å². The normalized spacial score (nSPS) is 15.4. The van der Waals surface area contributed by atoms with E-state index in [-0.39, 0.29) is 12.5 Å². The van der Waals surface area contributed by atoms with Crippen molar-refractivity contribution in [2.75, 3.05) is 31.6 Å². The number of aliphatic imine (C=N–C) groups is 1. The molecule has 0 saturated carbocycles. The predicted molar refractivity (Wildman–Crippen MR) is 109 cm³/mol. The van der Waals surface area contributed by atoms with Gasteiger partial charge in [-0.1, -0.05) is 18.2 Å². The molecule has 0 radical (unpaired) electrons. The zero-order chi connectivity index (χ0) is 19.5. The van der Waals surface area contributed by atoms with Crippen molar-refractivity contribution in [3.63, 3.8) is 0 Å². The molecule has 8 heteroatoms. The average Bonchev–Trinajstić information content (AvgIpc) is 3.14. The Hall–Kier alpha value is -3.42. The van der Waals surface area contributed by atoms with E-state index >= 15 is 0 Å².